The highest BCUT2D eigenvalue weighted by Crippen LogP contribution is 2.25. The number of amides is 3. The van der Waals surface area contributed by atoms with Crippen molar-refractivity contribution in [3.8, 4) is 0 Å². The number of fused-ring (bicyclic) bond motifs is 1. The summed E-state index contributed by atoms with van der Waals surface area (Å²) in [5.41, 5.74) is 5.91. The van der Waals surface area contributed by atoms with Gasteiger partial charge in [-0.05, 0) is 5.56 Å². The number of imidazole rings is 1. The Balaban J connectivity index is 1.89. The summed E-state index contributed by atoms with van der Waals surface area (Å²) in [7, 11) is 0. The Kier molecular flexibility index (Phi) is 3.88. The molecule has 0 saturated heterocycles. The van der Waals surface area contributed by atoms with Gasteiger partial charge >= 0.3 is 6.03 Å². The van der Waals surface area contributed by atoms with E-state index in [1.54, 1.807) is 6.20 Å². The van der Waals surface area contributed by atoms with Crippen molar-refractivity contribution in [1.29, 1.82) is 0 Å². The second-order valence-electron chi connectivity index (χ2n) is 5.17. The number of aromatic nitrogens is 2. The van der Waals surface area contributed by atoms with Crippen LogP contribution in [0.15, 0.2) is 42.7 Å². The molecule has 114 valence electrons. The number of nitrogens with two attached hydrogens (primary N) is 1. The summed E-state index contributed by atoms with van der Waals surface area (Å²) in [6.07, 6.45) is 3.67. The van der Waals surface area contributed by atoms with Crippen molar-refractivity contribution in [2.75, 3.05) is 6.54 Å². The molecular weight excluding hydrogens is 282 g/mol. The summed E-state index contributed by atoms with van der Waals surface area (Å²) < 4.78 is 2.06. The van der Waals surface area contributed by atoms with Gasteiger partial charge in [0.05, 0.1) is 6.54 Å². The lowest BCUT2D eigenvalue weighted by Gasteiger charge is -2.33. The van der Waals surface area contributed by atoms with Crippen molar-refractivity contribution in [3.05, 3.63) is 54.1 Å². The summed E-state index contributed by atoms with van der Waals surface area (Å²) in [5, 5.41) is 2.19. The predicted molar refractivity (Wildman–Crippen MR) is 79.5 cm³/mol. The van der Waals surface area contributed by atoms with Gasteiger partial charge in [-0.2, -0.15) is 0 Å². The smallest absolute Gasteiger partial charge is 0.318 e. The monoisotopic (exact) mass is 299 g/mol. The number of urea groups is 1. The molecular formula is C15H17N5O2. The molecule has 0 aliphatic carbocycles. The van der Waals surface area contributed by atoms with Crippen LogP contribution < -0.4 is 11.1 Å². The highest BCUT2D eigenvalue weighted by Gasteiger charge is 2.31. The van der Waals surface area contributed by atoms with E-state index in [1.807, 2.05) is 41.4 Å². The minimum absolute atomic E-state index is 0.418. The molecule has 0 unspecified atom stereocenters. The Hall–Kier alpha value is -2.67. The zero-order valence-electron chi connectivity index (χ0n) is 12.0. The zero-order valence-corrected chi connectivity index (χ0v) is 12.0. The van der Waals surface area contributed by atoms with Gasteiger partial charge in [0, 0.05) is 25.5 Å². The maximum absolute atomic E-state index is 12.4. The molecule has 1 atom stereocenters. The highest BCUT2D eigenvalue weighted by molar-refractivity contribution is 5.96. The van der Waals surface area contributed by atoms with Crippen molar-refractivity contribution >= 4 is 11.9 Å². The van der Waals surface area contributed by atoms with Crippen molar-refractivity contribution in [2.45, 2.75) is 19.1 Å². The maximum Gasteiger partial charge on any atom is 0.318 e. The van der Waals surface area contributed by atoms with E-state index in [0.29, 0.717) is 13.1 Å². The fourth-order valence-corrected chi connectivity index (χ4v) is 2.77. The third-order valence-electron chi connectivity index (χ3n) is 3.75. The van der Waals surface area contributed by atoms with Crippen LogP contribution in [-0.2, 0) is 17.9 Å². The van der Waals surface area contributed by atoms with Crippen LogP contribution in [0.25, 0.3) is 0 Å². The molecule has 2 heterocycles. The van der Waals surface area contributed by atoms with E-state index in [9.17, 15) is 9.59 Å². The molecule has 3 rings (SSSR count). The van der Waals surface area contributed by atoms with Crippen LogP contribution in [0.5, 0.6) is 0 Å². The van der Waals surface area contributed by atoms with Crippen LogP contribution in [0.2, 0.25) is 0 Å². The highest BCUT2D eigenvalue weighted by atomic mass is 16.2. The van der Waals surface area contributed by atoms with Crippen LogP contribution in [-0.4, -0.2) is 32.9 Å². The number of imide groups is 1. The van der Waals surface area contributed by atoms with E-state index in [1.165, 1.54) is 0 Å². The third kappa shape index (κ3) is 2.84. The molecule has 1 aliphatic rings. The summed E-state index contributed by atoms with van der Waals surface area (Å²) in [6, 6.07) is 7.94. The molecule has 1 aromatic heterocycles. The fourth-order valence-electron chi connectivity index (χ4n) is 2.77. The number of primary amides is 1. The molecule has 3 N–H and O–H groups in total. The number of carbonyl (C=O) groups is 2. The van der Waals surface area contributed by atoms with Gasteiger partial charge in [0.2, 0.25) is 5.91 Å². The van der Waals surface area contributed by atoms with Gasteiger partial charge in [0.25, 0.3) is 0 Å². The fraction of sp³-hybridized carbons (Fsp3) is 0.267. The van der Waals surface area contributed by atoms with Crippen molar-refractivity contribution in [3.63, 3.8) is 0 Å². The number of hydrogen-bond donors (Lipinski definition) is 2. The van der Waals surface area contributed by atoms with Gasteiger partial charge in [-0.15, -0.1) is 0 Å². The molecule has 3 amide bonds. The molecule has 2 aromatic rings. The molecule has 22 heavy (non-hydrogen) atoms. The van der Waals surface area contributed by atoms with Crippen LogP contribution in [0.4, 0.5) is 4.79 Å². The van der Waals surface area contributed by atoms with Crippen LogP contribution in [0, 0.1) is 0 Å². The molecule has 1 aliphatic heterocycles. The summed E-state index contributed by atoms with van der Waals surface area (Å²) in [6.45, 7) is 1.98. The van der Waals surface area contributed by atoms with E-state index in [-0.39, 0.29) is 0 Å². The SMILES string of the molecule is NC(=O)NC(=O)[C@H](c1ccccc1)N1CCn2ccnc2C1. The number of nitrogens with zero attached hydrogens (tertiary/aromatic N) is 3. The topological polar surface area (TPSA) is 93.2 Å². The van der Waals surface area contributed by atoms with E-state index in [0.717, 1.165) is 17.9 Å². The Bertz CT molecular complexity index is 682. The first-order chi connectivity index (χ1) is 10.6. The molecule has 7 nitrogen and oxygen atoms in total. The Morgan fingerprint density at radius 1 is 1.23 bits per heavy atom. The first-order valence-electron chi connectivity index (χ1n) is 7.04. The number of carbonyl (C=O) groups excluding carboxylic acids is 2. The molecule has 0 bridgehead atoms. The third-order valence-corrected chi connectivity index (χ3v) is 3.75. The minimum Gasteiger partial charge on any atom is -0.351 e. The lowest BCUT2D eigenvalue weighted by molar-refractivity contribution is -0.126. The second kappa shape index (κ2) is 5.98. The average Bonchev–Trinajstić information content (AvgIpc) is 2.95. The van der Waals surface area contributed by atoms with E-state index < -0.39 is 18.0 Å². The molecule has 0 spiro atoms. The Labute approximate surface area is 127 Å². The van der Waals surface area contributed by atoms with E-state index >= 15 is 0 Å². The van der Waals surface area contributed by atoms with Gasteiger partial charge < -0.3 is 10.3 Å². The summed E-state index contributed by atoms with van der Waals surface area (Å²) in [4.78, 5) is 29.8. The number of benzene rings is 1. The predicted octanol–water partition coefficient (Wildman–Crippen LogP) is 0.635. The van der Waals surface area contributed by atoms with Crippen LogP contribution in [0.1, 0.15) is 17.4 Å². The minimum atomic E-state index is -0.843. The van der Waals surface area contributed by atoms with Gasteiger partial charge in [-0.1, -0.05) is 30.3 Å². The lowest BCUT2D eigenvalue weighted by Crippen LogP contribution is -2.46. The van der Waals surface area contributed by atoms with Crippen LogP contribution in [0.3, 0.4) is 0 Å². The molecule has 0 radical (unpaired) electrons. The Morgan fingerprint density at radius 2 is 2.00 bits per heavy atom. The standard InChI is InChI=1S/C15H17N5O2/c16-15(22)18-14(21)13(11-4-2-1-3-5-11)20-9-8-19-7-6-17-12(19)10-20/h1-7,13H,8-10H2,(H3,16,18,21,22)/t13-/m0/s1. The number of rotatable bonds is 3. The molecule has 7 heteroatoms. The maximum atomic E-state index is 12.4. The molecule has 0 saturated carbocycles. The van der Waals surface area contributed by atoms with Gasteiger partial charge in [0.15, 0.2) is 0 Å². The summed E-state index contributed by atoms with van der Waals surface area (Å²) in [5.74, 6) is 0.484. The largest absolute Gasteiger partial charge is 0.351 e. The van der Waals surface area contributed by atoms with Crippen molar-refractivity contribution in [1.82, 2.24) is 19.8 Å². The number of hydrogen-bond acceptors (Lipinski definition) is 4. The zero-order chi connectivity index (χ0) is 15.5. The van der Waals surface area contributed by atoms with Crippen LogP contribution >= 0.6 is 0 Å². The molecule has 0 fully saturated rings. The first-order valence-corrected chi connectivity index (χ1v) is 7.04. The summed E-state index contributed by atoms with van der Waals surface area (Å²) >= 11 is 0. The second-order valence-corrected chi connectivity index (χ2v) is 5.17. The molecule has 1 aromatic carbocycles. The van der Waals surface area contributed by atoms with Gasteiger partial charge in [-0.3, -0.25) is 15.0 Å². The van der Waals surface area contributed by atoms with E-state index in [4.69, 9.17) is 5.73 Å². The first kappa shape index (κ1) is 14.3. The normalized spacial score (nSPS) is 15.8. The van der Waals surface area contributed by atoms with E-state index in [2.05, 4.69) is 14.9 Å². The Morgan fingerprint density at radius 3 is 2.73 bits per heavy atom. The quantitative estimate of drug-likeness (QED) is 0.869. The van der Waals surface area contributed by atoms with Crippen molar-refractivity contribution < 1.29 is 9.59 Å². The lowest BCUT2D eigenvalue weighted by atomic mass is 10.0. The van der Waals surface area contributed by atoms with Gasteiger partial charge in [0.1, 0.15) is 11.9 Å². The average molecular weight is 299 g/mol. The van der Waals surface area contributed by atoms with Crippen molar-refractivity contribution in [2.24, 2.45) is 5.73 Å². The number of nitrogens with one attached hydrogen (secondary N) is 1. The van der Waals surface area contributed by atoms with Gasteiger partial charge in [-0.25, -0.2) is 9.78 Å².